The lowest BCUT2D eigenvalue weighted by Crippen LogP contribution is -1.99. The van der Waals surface area contributed by atoms with Gasteiger partial charge in [-0.2, -0.15) is 0 Å². The Morgan fingerprint density at radius 3 is 2.28 bits per heavy atom. The maximum atomic E-state index is 10.3. The Labute approximate surface area is 153 Å². The van der Waals surface area contributed by atoms with Gasteiger partial charge in [-0.3, -0.25) is 4.79 Å². The van der Waals surface area contributed by atoms with Gasteiger partial charge in [0.15, 0.2) is 0 Å². The minimum absolute atomic E-state index is 0.132. The molecule has 3 heteroatoms. The molecule has 0 fully saturated rings. The Balaban J connectivity index is 3.66. The minimum Gasteiger partial charge on any atom is -0.481 e. The molecule has 0 heterocycles. The molecule has 0 aliphatic heterocycles. The number of allylic oxidation sites excluding steroid dienone is 8. The van der Waals surface area contributed by atoms with Crippen molar-refractivity contribution in [3.05, 3.63) is 60.8 Å². The van der Waals surface area contributed by atoms with Crippen molar-refractivity contribution >= 4 is 5.97 Å². The summed E-state index contributed by atoms with van der Waals surface area (Å²) in [7, 11) is 0. The van der Waals surface area contributed by atoms with E-state index in [1.807, 2.05) is 24.3 Å². The molecule has 0 rings (SSSR count). The number of aliphatic hydroxyl groups excluding tert-OH is 1. The predicted molar refractivity (Wildman–Crippen MR) is 107 cm³/mol. The largest absolute Gasteiger partial charge is 0.481 e. The van der Waals surface area contributed by atoms with Crippen molar-refractivity contribution in [1.82, 2.24) is 0 Å². The average molecular weight is 347 g/mol. The highest BCUT2D eigenvalue weighted by Gasteiger charge is 1.95. The third kappa shape index (κ3) is 20.1. The first kappa shape index (κ1) is 23.1. The highest BCUT2D eigenvalue weighted by Crippen LogP contribution is 2.01. The van der Waals surface area contributed by atoms with E-state index < -0.39 is 12.1 Å². The van der Waals surface area contributed by atoms with Crippen molar-refractivity contribution in [2.45, 2.75) is 70.8 Å². The minimum atomic E-state index is -0.799. The standard InChI is InChI=1S/C22H34O3/c1-2-3-4-5-6-7-8-9-10-11-12-13-15-18-21(23)19-16-14-17-20-22(24)25/h6-7,9-10,12-16,18,21,23H,2-5,8,11,17,19-20H2,1H3,(H,24,25)/b7-6-,10-9-,13-12-,16-14-,18-15+/t21-/m1/s1. The van der Waals surface area contributed by atoms with E-state index in [1.54, 1.807) is 12.2 Å². The van der Waals surface area contributed by atoms with Gasteiger partial charge in [0.1, 0.15) is 0 Å². The zero-order valence-electron chi connectivity index (χ0n) is 15.5. The molecule has 0 aliphatic carbocycles. The van der Waals surface area contributed by atoms with Gasteiger partial charge in [-0.15, -0.1) is 0 Å². The normalized spacial score (nSPS) is 14.0. The zero-order chi connectivity index (χ0) is 18.6. The van der Waals surface area contributed by atoms with E-state index in [9.17, 15) is 9.90 Å². The number of carboxylic acid groups (broad SMARTS) is 1. The molecule has 0 aromatic heterocycles. The van der Waals surface area contributed by atoms with Crippen LogP contribution in [0.25, 0.3) is 0 Å². The van der Waals surface area contributed by atoms with Gasteiger partial charge < -0.3 is 10.2 Å². The second-order valence-corrected chi connectivity index (χ2v) is 5.93. The van der Waals surface area contributed by atoms with Crippen LogP contribution < -0.4 is 0 Å². The molecule has 140 valence electrons. The second kappa shape index (κ2) is 18.5. The summed E-state index contributed by atoms with van der Waals surface area (Å²) in [5.74, 6) is -0.799. The second-order valence-electron chi connectivity index (χ2n) is 5.93. The molecule has 0 spiro atoms. The maximum Gasteiger partial charge on any atom is 0.303 e. The first-order valence-corrected chi connectivity index (χ1v) is 9.35. The average Bonchev–Trinajstić information content (AvgIpc) is 2.58. The topological polar surface area (TPSA) is 57.5 Å². The van der Waals surface area contributed by atoms with Crippen LogP contribution in [-0.4, -0.2) is 22.3 Å². The van der Waals surface area contributed by atoms with Crippen molar-refractivity contribution in [2.75, 3.05) is 0 Å². The summed E-state index contributed by atoms with van der Waals surface area (Å²) >= 11 is 0. The molecule has 0 saturated carbocycles. The number of hydrogen-bond acceptors (Lipinski definition) is 2. The summed E-state index contributed by atoms with van der Waals surface area (Å²) in [6.07, 6.45) is 27.5. The molecule has 0 radical (unpaired) electrons. The predicted octanol–water partition coefficient (Wildman–Crippen LogP) is 5.74. The number of unbranched alkanes of at least 4 members (excludes halogenated alkanes) is 3. The Morgan fingerprint density at radius 2 is 1.56 bits per heavy atom. The van der Waals surface area contributed by atoms with E-state index in [-0.39, 0.29) is 6.42 Å². The van der Waals surface area contributed by atoms with E-state index >= 15 is 0 Å². The van der Waals surface area contributed by atoms with Gasteiger partial charge >= 0.3 is 5.97 Å². The van der Waals surface area contributed by atoms with Crippen LogP contribution in [0.2, 0.25) is 0 Å². The van der Waals surface area contributed by atoms with Crippen LogP contribution in [0.15, 0.2) is 60.8 Å². The van der Waals surface area contributed by atoms with Crippen LogP contribution in [0.1, 0.15) is 64.7 Å². The monoisotopic (exact) mass is 346 g/mol. The maximum absolute atomic E-state index is 10.3. The van der Waals surface area contributed by atoms with E-state index in [0.29, 0.717) is 12.8 Å². The molecule has 0 aromatic rings. The summed E-state index contributed by atoms with van der Waals surface area (Å²) in [5, 5.41) is 18.2. The Hall–Kier alpha value is -1.87. The molecule has 0 bridgehead atoms. The highest BCUT2D eigenvalue weighted by molar-refractivity contribution is 5.66. The first-order valence-electron chi connectivity index (χ1n) is 9.35. The van der Waals surface area contributed by atoms with Crippen LogP contribution >= 0.6 is 0 Å². The van der Waals surface area contributed by atoms with Crippen molar-refractivity contribution in [3.8, 4) is 0 Å². The molecule has 0 aromatic carbocycles. The summed E-state index contributed by atoms with van der Waals surface area (Å²) in [6.45, 7) is 2.22. The lowest BCUT2D eigenvalue weighted by atomic mass is 10.2. The number of carboxylic acids is 1. The van der Waals surface area contributed by atoms with Crippen LogP contribution in [0.3, 0.4) is 0 Å². The van der Waals surface area contributed by atoms with Gasteiger partial charge in [-0.05, 0) is 38.5 Å². The number of hydrogen-bond donors (Lipinski definition) is 2. The van der Waals surface area contributed by atoms with Crippen molar-refractivity contribution in [3.63, 3.8) is 0 Å². The molecule has 0 aliphatic rings. The fourth-order valence-electron chi connectivity index (χ4n) is 2.06. The number of carbonyl (C=O) groups is 1. The molecule has 0 amide bonds. The molecule has 0 unspecified atom stereocenters. The van der Waals surface area contributed by atoms with Gasteiger partial charge in [0.05, 0.1) is 6.10 Å². The van der Waals surface area contributed by atoms with Crippen molar-refractivity contribution < 1.29 is 15.0 Å². The van der Waals surface area contributed by atoms with Crippen LogP contribution in [0, 0.1) is 0 Å². The SMILES string of the molecule is CCCCC/C=C\C/C=C\C/C=C\C=C\[C@@H](O)C/C=C\CCC(=O)O. The van der Waals surface area contributed by atoms with Gasteiger partial charge in [0.25, 0.3) is 0 Å². The lowest BCUT2D eigenvalue weighted by Gasteiger charge is -1.98. The third-order valence-corrected chi connectivity index (χ3v) is 3.50. The number of rotatable bonds is 15. The zero-order valence-corrected chi connectivity index (χ0v) is 15.5. The van der Waals surface area contributed by atoms with Gasteiger partial charge in [0, 0.05) is 6.42 Å². The highest BCUT2D eigenvalue weighted by atomic mass is 16.4. The molecule has 3 nitrogen and oxygen atoms in total. The number of aliphatic carboxylic acids is 1. The van der Waals surface area contributed by atoms with Gasteiger partial charge in [-0.25, -0.2) is 0 Å². The molecule has 25 heavy (non-hydrogen) atoms. The van der Waals surface area contributed by atoms with E-state index in [0.717, 1.165) is 12.8 Å². The quantitative estimate of drug-likeness (QED) is 0.226. The Morgan fingerprint density at radius 1 is 0.880 bits per heavy atom. The van der Waals surface area contributed by atoms with Crippen LogP contribution in [-0.2, 0) is 4.79 Å². The van der Waals surface area contributed by atoms with E-state index in [1.165, 1.54) is 25.7 Å². The van der Waals surface area contributed by atoms with E-state index in [2.05, 4.69) is 31.2 Å². The molecule has 1 atom stereocenters. The molecular weight excluding hydrogens is 312 g/mol. The summed E-state index contributed by atoms with van der Waals surface area (Å²) in [4.78, 5) is 10.3. The summed E-state index contributed by atoms with van der Waals surface area (Å²) < 4.78 is 0. The Bertz CT molecular complexity index is 456. The molecule has 2 N–H and O–H groups in total. The molecule has 0 saturated heterocycles. The summed E-state index contributed by atoms with van der Waals surface area (Å²) in [6, 6.07) is 0. The third-order valence-electron chi connectivity index (χ3n) is 3.50. The van der Waals surface area contributed by atoms with Gasteiger partial charge in [0.2, 0.25) is 0 Å². The summed E-state index contributed by atoms with van der Waals surface area (Å²) in [5.41, 5.74) is 0. The fraction of sp³-hybridized carbons (Fsp3) is 0.500. The lowest BCUT2D eigenvalue weighted by molar-refractivity contribution is -0.136. The van der Waals surface area contributed by atoms with Crippen molar-refractivity contribution in [2.24, 2.45) is 0 Å². The first-order chi connectivity index (χ1) is 12.2. The number of aliphatic hydroxyl groups is 1. The molecular formula is C22H34O3. The van der Waals surface area contributed by atoms with Crippen molar-refractivity contribution in [1.29, 1.82) is 0 Å². The fourth-order valence-corrected chi connectivity index (χ4v) is 2.06. The van der Waals surface area contributed by atoms with Crippen LogP contribution in [0.4, 0.5) is 0 Å². The van der Waals surface area contributed by atoms with Crippen LogP contribution in [0.5, 0.6) is 0 Å². The Kier molecular flexibility index (Phi) is 17.1. The van der Waals surface area contributed by atoms with E-state index in [4.69, 9.17) is 5.11 Å². The van der Waals surface area contributed by atoms with Gasteiger partial charge in [-0.1, -0.05) is 80.5 Å². The smallest absolute Gasteiger partial charge is 0.303 e.